The van der Waals surface area contributed by atoms with Gasteiger partial charge in [-0.15, -0.1) is 0 Å². The molecule has 112 valence electrons. The van der Waals surface area contributed by atoms with Crippen LogP contribution in [0.1, 0.15) is 26.2 Å². The normalized spacial score (nSPS) is 11.9. The van der Waals surface area contributed by atoms with Crippen molar-refractivity contribution in [2.24, 2.45) is 11.7 Å². The van der Waals surface area contributed by atoms with Crippen molar-refractivity contribution in [3.8, 4) is 5.75 Å². The van der Waals surface area contributed by atoms with Gasteiger partial charge >= 0.3 is 0 Å². The van der Waals surface area contributed by atoms with Gasteiger partial charge in [-0.25, -0.2) is 0 Å². The van der Waals surface area contributed by atoms with E-state index in [2.05, 4.69) is 6.92 Å². The Morgan fingerprint density at radius 1 is 1.35 bits per heavy atom. The average molecular weight is 278 g/mol. The number of carbonyl (C=O) groups excluding carboxylic acids is 1. The van der Waals surface area contributed by atoms with Gasteiger partial charge in [-0.05, 0) is 37.4 Å². The zero-order valence-electron chi connectivity index (χ0n) is 12.5. The standard InChI is InChI=1S/C16H26N2O2/c1-14(13-17)9-10-16(19)18(2)11-6-12-20-15-7-4-3-5-8-15/h3-5,7-8,14H,6,9-13,17H2,1-2H3. The third kappa shape index (κ3) is 6.57. The van der Waals surface area contributed by atoms with E-state index < -0.39 is 0 Å². The zero-order valence-corrected chi connectivity index (χ0v) is 12.5. The highest BCUT2D eigenvalue weighted by atomic mass is 16.5. The first-order valence-corrected chi connectivity index (χ1v) is 7.25. The van der Waals surface area contributed by atoms with Crippen LogP contribution in [0.5, 0.6) is 5.75 Å². The van der Waals surface area contributed by atoms with Gasteiger partial charge in [-0.3, -0.25) is 4.79 Å². The third-order valence-corrected chi connectivity index (χ3v) is 3.33. The lowest BCUT2D eigenvalue weighted by Gasteiger charge is -2.18. The molecule has 0 aliphatic heterocycles. The fourth-order valence-electron chi connectivity index (χ4n) is 1.81. The minimum Gasteiger partial charge on any atom is -0.494 e. The van der Waals surface area contributed by atoms with Gasteiger partial charge in [0.25, 0.3) is 0 Å². The lowest BCUT2D eigenvalue weighted by Crippen LogP contribution is -2.29. The van der Waals surface area contributed by atoms with Crippen LogP contribution in [0.4, 0.5) is 0 Å². The van der Waals surface area contributed by atoms with Crippen molar-refractivity contribution in [3.05, 3.63) is 30.3 Å². The Labute approximate surface area is 121 Å². The van der Waals surface area contributed by atoms with Crippen LogP contribution in [0.2, 0.25) is 0 Å². The molecule has 0 bridgehead atoms. The molecule has 4 heteroatoms. The van der Waals surface area contributed by atoms with Crippen molar-refractivity contribution in [1.29, 1.82) is 0 Å². The average Bonchev–Trinajstić information content (AvgIpc) is 2.49. The molecule has 1 unspecified atom stereocenters. The predicted molar refractivity (Wildman–Crippen MR) is 81.6 cm³/mol. The summed E-state index contributed by atoms with van der Waals surface area (Å²) < 4.78 is 5.60. The van der Waals surface area contributed by atoms with Gasteiger partial charge in [-0.1, -0.05) is 25.1 Å². The molecule has 2 N–H and O–H groups in total. The number of para-hydroxylation sites is 1. The number of hydrogen-bond acceptors (Lipinski definition) is 3. The van der Waals surface area contributed by atoms with E-state index in [1.54, 1.807) is 4.90 Å². The van der Waals surface area contributed by atoms with E-state index >= 15 is 0 Å². The summed E-state index contributed by atoms with van der Waals surface area (Å²) in [7, 11) is 1.85. The van der Waals surface area contributed by atoms with Crippen LogP contribution in [0, 0.1) is 5.92 Å². The SMILES string of the molecule is CC(CN)CCC(=O)N(C)CCCOc1ccccc1. The van der Waals surface area contributed by atoms with E-state index in [1.165, 1.54) is 0 Å². The van der Waals surface area contributed by atoms with Gasteiger partial charge < -0.3 is 15.4 Å². The highest BCUT2D eigenvalue weighted by Gasteiger charge is 2.10. The molecule has 0 spiro atoms. The summed E-state index contributed by atoms with van der Waals surface area (Å²) in [6, 6.07) is 9.72. The zero-order chi connectivity index (χ0) is 14.8. The van der Waals surface area contributed by atoms with Crippen LogP contribution in [-0.4, -0.2) is 37.6 Å². The second kappa shape index (κ2) is 9.37. The van der Waals surface area contributed by atoms with E-state index in [-0.39, 0.29) is 5.91 Å². The summed E-state index contributed by atoms with van der Waals surface area (Å²) >= 11 is 0. The molecule has 0 heterocycles. The monoisotopic (exact) mass is 278 g/mol. The number of nitrogens with zero attached hydrogens (tertiary/aromatic N) is 1. The number of hydrogen-bond donors (Lipinski definition) is 1. The number of nitrogens with two attached hydrogens (primary N) is 1. The van der Waals surface area contributed by atoms with Crippen LogP contribution in [-0.2, 0) is 4.79 Å². The Hall–Kier alpha value is -1.55. The molecule has 1 amide bonds. The second-order valence-corrected chi connectivity index (χ2v) is 5.21. The lowest BCUT2D eigenvalue weighted by atomic mass is 10.1. The molecule has 0 aromatic heterocycles. The maximum Gasteiger partial charge on any atom is 0.222 e. The summed E-state index contributed by atoms with van der Waals surface area (Å²) in [6.45, 7) is 4.06. The van der Waals surface area contributed by atoms with Crippen molar-refractivity contribution in [3.63, 3.8) is 0 Å². The fourth-order valence-corrected chi connectivity index (χ4v) is 1.81. The maximum atomic E-state index is 11.9. The molecular formula is C16H26N2O2. The van der Waals surface area contributed by atoms with Crippen molar-refractivity contribution in [2.45, 2.75) is 26.2 Å². The lowest BCUT2D eigenvalue weighted by molar-refractivity contribution is -0.130. The first-order chi connectivity index (χ1) is 9.63. The van der Waals surface area contributed by atoms with E-state index in [0.29, 0.717) is 25.5 Å². The number of rotatable bonds is 9. The van der Waals surface area contributed by atoms with Gasteiger partial charge in [0.15, 0.2) is 0 Å². The number of carbonyl (C=O) groups is 1. The molecular weight excluding hydrogens is 252 g/mol. The second-order valence-electron chi connectivity index (χ2n) is 5.21. The largest absolute Gasteiger partial charge is 0.494 e. The molecule has 0 aliphatic rings. The maximum absolute atomic E-state index is 11.9. The first kappa shape index (κ1) is 16.5. The van der Waals surface area contributed by atoms with Crippen LogP contribution >= 0.6 is 0 Å². The number of amides is 1. The summed E-state index contributed by atoms with van der Waals surface area (Å²) in [5, 5.41) is 0. The van der Waals surface area contributed by atoms with Crippen molar-refractivity contribution in [2.75, 3.05) is 26.7 Å². The molecule has 1 aromatic rings. The van der Waals surface area contributed by atoms with Crippen molar-refractivity contribution < 1.29 is 9.53 Å². The van der Waals surface area contributed by atoms with Crippen LogP contribution in [0.25, 0.3) is 0 Å². The molecule has 0 radical (unpaired) electrons. The number of ether oxygens (including phenoxy) is 1. The smallest absolute Gasteiger partial charge is 0.222 e. The summed E-state index contributed by atoms with van der Waals surface area (Å²) in [4.78, 5) is 13.6. The Bertz CT molecular complexity index is 381. The highest BCUT2D eigenvalue weighted by Crippen LogP contribution is 2.09. The topological polar surface area (TPSA) is 55.6 Å². The molecule has 1 aromatic carbocycles. The first-order valence-electron chi connectivity index (χ1n) is 7.25. The van der Waals surface area contributed by atoms with Gasteiger partial charge in [0.1, 0.15) is 5.75 Å². The molecule has 0 aliphatic carbocycles. The predicted octanol–water partition coefficient (Wildman–Crippen LogP) is 2.29. The number of benzene rings is 1. The van der Waals surface area contributed by atoms with E-state index in [0.717, 1.165) is 25.1 Å². The van der Waals surface area contributed by atoms with Crippen LogP contribution in [0.15, 0.2) is 30.3 Å². The molecule has 1 atom stereocenters. The minimum absolute atomic E-state index is 0.185. The highest BCUT2D eigenvalue weighted by molar-refractivity contribution is 5.75. The van der Waals surface area contributed by atoms with Gasteiger partial charge in [-0.2, -0.15) is 0 Å². The molecule has 0 fully saturated rings. The van der Waals surface area contributed by atoms with Gasteiger partial charge in [0.05, 0.1) is 6.61 Å². The molecule has 4 nitrogen and oxygen atoms in total. The van der Waals surface area contributed by atoms with E-state index in [9.17, 15) is 4.79 Å². The van der Waals surface area contributed by atoms with Gasteiger partial charge in [0.2, 0.25) is 5.91 Å². The molecule has 0 saturated carbocycles. The minimum atomic E-state index is 0.185. The van der Waals surface area contributed by atoms with E-state index in [1.807, 2.05) is 37.4 Å². The fraction of sp³-hybridized carbons (Fsp3) is 0.562. The van der Waals surface area contributed by atoms with E-state index in [4.69, 9.17) is 10.5 Å². The Balaban J connectivity index is 2.13. The summed E-state index contributed by atoms with van der Waals surface area (Å²) in [6.07, 6.45) is 2.28. The Morgan fingerprint density at radius 2 is 2.05 bits per heavy atom. The molecule has 0 saturated heterocycles. The summed E-state index contributed by atoms with van der Waals surface area (Å²) in [5.74, 6) is 1.47. The van der Waals surface area contributed by atoms with Crippen molar-refractivity contribution >= 4 is 5.91 Å². The van der Waals surface area contributed by atoms with Crippen LogP contribution in [0.3, 0.4) is 0 Å². The van der Waals surface area contributed by atoms with Crippen molar-refractivity contribution in [1.82, 2.24) is 4.90 Å². The third-order valence-electron chi connectivity index (χ3n) is 3.33. The Morgan fingerprint density at radius 3 is 2.70 bits per heavy atom. The molecule has 1 rings (SSSR count). The van der Waals surface area contributed by atoms with Crippen LogP contribution < -0.4 is 10.5 Å². The van der Waals surface area contributed by atoms with Gasteiger partial charge in [0, 0.05) is 20.0 Å². The molecule has 20 heavy (non-hydrogen) atoms. The summed E-state index contributed by atoms with van der Waals surface area (Å²) in [5.41, 5.74) is 5.55. The quantitative estimate of drug-likeness (QED) is 0.705. The Kier molecular flexibility index (Phi) is 7.73.